The number of hydrogen-bond donors (Lipinski definition) is 0. The third-order valence-corrected chi connectivity index (χ3v) is 5.05. The smallest absolute Gasteiger partial charge is 0.417 e. The maximum Gasteiger partial charge on any atom is 0.417 e. The first-order chi connectivity index (χ1) is 15.9. The van der Waals surface area contributed by atoms with Gasteiger partial charge in [0.15, 0.2) is 0 Å². The predicted octanol–water partition coefficient (Wildman–Crippen LogP) is 5.71. The van der Waals surface area contributed by atoms with Gasteiger partial charge in [0.2, 0.25) is 5.91 Å². The molecule has 2 amide bonds. The van der Waals surface area contributed by atoms with E-state index in [0.717, 1.165) is 16.0 Å². The molecule has 0 aliphatic heterocycles. The molecule has 0 fully saturated rings. The van der Waals surface area contributed by atoms with Crippen molar-refractivity contribution in [2.24, 2.45) is 0 Å². The molecule has 2 aromatic rings. The van der Waals surface area contributed by atoms with Gasteiger partial charge in [0.25, 0.3) is 0 Å². The third kappa shape index (κ3) is 7.85. The van der Waals surface area contributed by atoms with Crippen molar-refractivity contribution in [3.05, 3.63) is 69.7 Å². The number of aryl methyl sites for hydroxylation is 1. The minimum Gasteiger partial charge on any atom is -0.462 e. The minimum atomic E-state index is -0.736. The van der Waals surface area contributed by atoms with E-state index in [1.54, 1.807) is 58.0 Å². The highest BCUT2D eigenvalue weighted by molar-refractivity contribution is 6.30. The lowest BCUT2D eigenvalue weighted by molar-refractivity contribution is -0.128. The number of rotatable bonds is 8. The number of imide groups is 1. The van der Waals surface area contributed by atoms with E-state index in [1.165, 1.54) is 6.92 Å². The van der Waals surface area contributed by atoms with Crippen LogP contribution >= 0.6 is 11.6 Å². The molecule has 0 spiro atoms. The summed E-state index contributed by atoms with van der Waals surface area (Å²) in [7, 11) is 0. The van der Waals surface area contributed by atoms with Gasteiger partial charge in [-0.2, -0.15) is 0 Å². The first-order valence-electron chi connectivity index (χ1n) is 11.1. The van der Waals surface area contributed by atoms with Gasteiger partial charge < -0.3 is 14.2 Å². The van der Waals surface area contributed by atoms with E-state index in [0.29, 0.717) is 16.1 Å². The first kappa shape index (κ1) is 27.3. The zero-order chi connectivity index (χ0) is 25.5. The summed E-state index contributed by atoms with van der Waals surface area (Å²) in [6.45, 7) is 10.5. The molecule has 0 N–H and O–H groups in total. The van der Waals surface area contributed by atoms with Crippen LogP contribution in [0.25, 0.3) is 0 Å². The van der Waals surface area contributed by atoms with Crippen LogP contribution < -0.4 is 0 Å². The number of carbonyl (C=O) groups is 3. The summed E-state index contributed by atoms with van der Waals surface area (Å²) in [5.41, 5.74) is 2.11. The Morgan fingerprint density at radius 3 is 2.41 bits per heavy atom. The second-order valence-electron chi connectivity index (χ2n) is 8.75. The van der Waals surface area contributed by atoms with Crippen LogP contribution in [0.3, 0.4) is 0 Å². The fourth-order valence-electron chi connectivity index (χ4n) is 3.26. The van der Waals surface area contributed by atoms with Gasteiger partial charge in [-0.25, -0.2) is 14.5 Å². The Morgan fingerprint density at radius 1 is 1.09 bits per heavy atom. The Bertz CT molecular complexity index is 1030. The Hall–Kier alpha value is -2.90. The standard InChI is InChI=1S/C26H32ClNO6/c1-7-32-24(30)20-10-8-9-19(15-20)23(22-16-21(27)12-11-17(22)2)33-14-13-28(18(3)29)25(31)34-26(4,5)6/h8-12,15-16,23H,7,13-14H2,1-6H3. The minimum absolute atomic E-state index is 0.00206. The Balaban J connectivity index is 2.32. The molecule has 34 heavy (non-hydrogen) atoms. The number of benzene rings is 2. The molecule has 184 valence electrons. The second-order valence-corrected chi connectivity index (χ2v) is 9.19. The van der Waals surface area contributed by atoms with Crippen LogP contribution in [-0.2, 0) is 19.0 Å². The summed E-state index contributed by atoms with van der Waals surface area (Å²) in [6, 6.07) is 12.4. The van der Waals surface area contributed by atoms with Crippen molar-refractivity contribution >= 4 is 29.6 Å². The molecule has 0 aromatic heterocycles. The number of esters is 1. The molecule has 0 radical (unpaired) electrons. The van der Waals surface area contributed by atoms with Crippen molar-refractivity contribution in [1.29, 1.82) is 0 Å². The summed E-state index contributed by atoms with van der Waals surface area (Å²) < 4.78 is 16.6. The van der Waals surface area contributed by atoms with E-state index in [2.05, 4.69) is 0 Å². The molecule has 0 saturated carbocycles. The van der Waals surface area contributed by atoms with Gasteiger partial charge >= 0.3 is 12.1 Å². The van der Waals surface area contributed by atoms with E-state index in [1.807, 2.05) is 19.1 Å². The number of carbonyl (C=O) groups excluding carboxylic acids is 3. The molecule has 0 heterocycles. The fourth-order valence-corrected chi connectivity index (χ4v) is 3.44. The van der Waals surface area contributed by atoms with Crippen LogP contribution in [0, 0.1) is 6.92 Å². The van der Waals surface area contributed by atoms with Gasteiger partial charge in [-0.3, -0.25) is 4.79 Å². The molecule has 1 unspecified atom stereocenters. The van der Waals surface area contributed by atoms with Crippen LogP contribution in [-0.4, -0.2) is 48.2 Å². The lowest BCUT2D eigenvalue weighted by Crippen LogP contribution is -2.41. The molecule has 0 aliphatic rings. The number of halogens is 1. The molecule has 2 aromatic carbocycles. The third-order valence-electron chi connectivity index (χ3n) is 4.82. The Labute approximate surface area is 205 Å². The maximum atomic E-state index is 12.5. The molecule has 8 heteroatoms. The van der Waals surface area contributed by atoms with Gasteiger partial charge in [-0.05, 0) is 75.6 Å². The molecule has 0 aliphatic carbocycles. The molecular formula is C26H32ClNO6. The van der Waals surface area contributed by atoms with Crippen LogP contribution in [0.2, 0.25) is 5.02 Å². The topological polar surface area (TPSA) is 82.1 Å². The van der Waals surface area contributed by atoms with E-state index in [4.69, 9.17) is 25.8 Å². The van der Waals surface area contributed by atoms with Crippen LogP contribution in [0.15, 0.2) is 42.5 Å². The number of amides is 2. The molecular weight excluding hydrogens is 458 g/mol. The largest absolute Gasteiger partial charge is 0.462 e. The summed E-state index contributed by atoms with van der Waals surface area (Å²) in [4.78, 5) is 37.8. The summed E-state index contributed by atoms with van der Waals surface area (Å²) in [5, 5.41) is 0.537. The van der Waals surface area contributed by atoms with E-state index >= 15 is 0 Å². The van der Waals surface area contributed by atoms with E-state index in [-0.39, 0.29) is 19.8 Å². The molecule has 0 saturated heterocycles. The maximum absolute atomic E-state index is 12.5. The molecule has 0 bridgehead atoms. The number of nitrogens with zero attached hydrogens (tertiary/aromatic N) is 1. The van der Waals surface area contributed by atoms with Crippen molar-refractivity contribution in [2.45, 2.75) is 53.2 Å². The van der Waals surface area contributed by atoms with Gasteiger partial charge in [0, 0.05) is 11.9 Å². The van der Waals surface area contributed by atoms with Crippen molar-refractivity contribution in [2.75, 3.05) is 19.8 Å². The average Bonchev–Trinajstić information content (AvgIpc) is 2.74. The Morgan fingerprint density at radius 2 is 1.79 bits per heavy atom. The lowest BCUT2D eigenvalue weighted by atomic mass is 9.96. The van der Waals surface area contributed by atoms with Crippen LogP contribution in [0.4, 0.5) is 4.79 Å². The molecule has 2 rings (SSSR count). The van der Waals surface area contributed by atoms with E-state index in [9.17, 15) is 14.4 Å². The monoisotopic (exact) mass is 489 g/mol. The second kappa shape index (κ2) is 12.0. The highest BCUT2D eigenvalue weighted by Crippen LogP contribution is 2.31. The van der Waals surface area contributed by atoms with Crippen molar-refractivity contribution in [1.82, 2.24) is 4.90 Å². The lowest BCUT2D eigenvalue weighted by Gasteiger charge is -2.26. The van der Waals surface area contributed by atoms with E-state index < -0.39 is 29.7 Å². The highest BCUT2D eigenvalue weighted by atomic mass is 35.5. The van der Waals surface area contributed by atoms with Crippen molar-refractivity contribution in [3.63, 3.8) is 0 Å². The molecule has 1 atom stereocenters. The van der Waals surface area contributed by atoms with Crippen LogP contribution in [0.5, 0.6) is 0 Å². The summed E-state index contributed by atoms with van der Waals surface area (Å²) in [5.74, 6) is -0.878. The fraction of sp³-hybridized carbons (Fsp3) is 0.423. The van der Waals surface area contributed by atoms with Gasteiger partial charge in [-0.1, -0.05) is 29.8 Å². The average molecular weight is 490 g/mol. The Kier molecular flexibility index (Phi) is 9.65. The normalized spacial score (nSPS) is 12.1. The highest BCUT2D eigenvalue weighted by Gasteiger charge is 2.26. The number of hydrogen-bond acceptors (Lipinski definition) is 6. The predicted molar refractivity (Wildman–Crippen MR) is 130 cm³/mol. The molecule has 7 nitrogen and oxygen atoms in total. The number of ether oxygens (including phenoxy) is 3. The van der Waals surface area contributed by atoms with Crippen molar-refractivity contribution in [3.8, 4) is 0 Å². The van der Waals surface area contributed by atoms with Crippen LogP contribution in [0.1, 0.15) is 67.8 Å². The zero-order valence-corrected chi connectivity index (χ0v) is 21.3. The van der Waals surface area contributed by atoms with Gasteiger partial charge in [-0.15, -0.1) is 0 Å². The van der Waals surface area contributed by atoms with Gasteiger partial charge in [0.1, 0.15) is 11.7 Å². The first-order valence-corrected chi connectivity index (χ1v) is 11.5. The quantitative estimate of drug-likeness (QED) is 0.441. The van der Waals surface area contributed by atoms with Crippen molar-refractivity contribution < 1.29 is 28.6 Å². The summed E-state index contributed by atoms with van der Waals surface area (Å²) in [6.07, 6.45) is -1.33. The SMILES string of the molecule is CCOC(=O)c1cccc(C(OCCN(C(C)=O)C(=O)OC(C)(C)C)c2cc(Cl)ccc2C)c1. The zero-order valence-electron chi connectivity index (χ0n) is 20.5. The van der Waals surface area contributed by atoms with Gasteiger partial charge in [0.05, 0.1) is 25.3 Å². The summed E-state index contributed by atoms with van der Waals surface area (Å²) >= 11 is 6.26.